The van der Waals surface area contributed by atoms with Gasteiger partial charge in [-0.1, -0.05) is 18.5 Å². The Morgan fingerprint density at radius 3 is 2.56 bits per heavy atom. The van der Waals surface area contributed by atoms with Gasteiger partial charge in [0.1, 0.15) is 5.02 Å². The van der Waals surface area contributed by atoms with E-state index in [2.05, 4.69) is 16.9 Å². The van der Waals surface area contributed by atoms with Gasteiger partial charge in [0, 0.05) is 13.1 Å². The second-order valence-electron chi connectivity index (χ2n) is 5.36. The number of piperidine rings is 1. The molecule has 0 aliphatic carbocycles. The van der Waals surface area contributed by atoms with E-state index in [4.69, 9.17) is 11.6 Å². The summed E-state index contributed by atoms with van der Waals surface area (Å²) in [5, 5.41) is 4.51. The zero-order valence-electron chi connectivity index (χ0n) is 11.2. The van der Waals surface area contributed by atoms with Crippen LogP contribution >= 0.6 is 11.6 Å². The first-order valence-corrected chi connectivity index (χ1v) is 6.90. The minimum atomic E-state index is -0.192. The van der Waals surface area contributed by atoms with Gasteiger partial charge >= 0.3 is 0 Å². The molecule has 0 spiro atoms. The molecule has 0 N–H and O–H groups in total. The molecule has 5 heteroatoms. The second kappa shape index (κ2) is 5.31. The van der Waals surface area contributed by atoms with Gasteiger partial charge in [-0.3, -0.25) is 4.79 Å². The van der Waals surface area contributed by atoms with Crippen molar-refractivity contribution < 1.29 is 0 Å². The number of aromatic nitrogens is 2. The maximum Gasteiger partial charge on any atom is 0.287 e. The van der Waals surface area contributed by atoms with Gasteiger partial charge < -0.3 is 4.90 Å². The molecule has 0 amide bonds. The highest BCUT2D eigenvalue weighted by Crippen LogP contribution is 2.26. The lowest BCUT2D eigenvalue weighted by Gasteiger charge is -2.32. The first-order valence-electron chi connectivity index (χ1n) is 6.53. The van der Waals surface area contributed by atoms with E-state index in [-0.39, 0.29) is 11.6 Å². The fourth-order valence-electron chi connectivity index (χ4n) is 2.27. The van der Waals surface area contributed by atoms with E-state index in [1.165, 1.54) is 4.68 Å². The van der Waals surface area contributed by atoms with Gasteiger partial charge in [0.15, 0.2) is 0 Å². The van der Waals surface area contributed by atoms with Crippen molar-refractivity contribution in [1.82, 2.24) is 9.78 Å². The molecule has 0 saturated carbocycles. The molecule has 2 heterocycles. The maximum absolute atomic E-state index is 12.1. The molecule has 1 aliphatic rings. The Kier molecular flexibility index (Phi) is 3.95. The molecule has 1 fully saturated rings. The first kappa shape index (κ1) is 13.4. The molecule has 0 unspecified atom stereocenters. The van der Waals surface area contributed by atoms with Gasteiger partial charge in [-0.15, -0.1) is 0 Å². The molecule has 18 heavy (non-hydrogen) atoms. The van der Waals surface area contributed by atoms with Crippen molar-refractivity contribution in [2.45, 2.75) is 39.7 Å². The summed E-state index contributed by atoms with van der Waals surface area (Å²) in [6, 6.07) is 0.0328. The molecule has 0 radical (unpaired) electrons. The lowest BCUT2D eigenvalue weighted by Crippen LogP contribution is -2.35. The van der Waals surface area contributed by atoms with Crippen LogP contribution in [0, 0.1) is 5.92 Å². The fraction of sp³-hybridized carbons (Fsp3) is 0.692. The summed E-state index contributed by atoms with van der Waals surface area (Å²) in [5.74, 6) is 0.754. The Morgan fingerprint density at radius 2 is 2.00 bits per heavy atom. The second-order valence-corrected chi connectivity index (χ2v) is 5.73. The SMILES string of the molecule is CC1CCN(c2cnn(C(C)C)c(=O)c2Cl)CC1. The van der Waals surface area contributed by atoms with Crippen molar-refractivity contribution >= 4 is 17.3 Å². The van der Waals surface area contributed by atoms with Crippen LogP contribution in [-0.2, 0) is 0 Å². The molecular weight excluding hydrogens is 250 g/mol. The van der Waals surface area contributed by atoms with E-state index in [9.17, 15) is 4.79 Å². The van der Waals surface area contributed by atoms with Gasteiger partial charge in [-0.2, -0.15) is 5.10 Å². The molecule has 0 bridgehead atoms. The van der Waals surface area contributed by atoms with Gasteiger partial charge in [0.25, 0.3) is 5.56 Å². The molecule has 1 aromatic heterocycles. The Balaban J connectivity index is 2.30. The topological polar surface area (TPSA) is 38.1 Å². The van der Waals surface area contributed by atoms with Crippen molar-refractivity contribution in [3.8, 4) is 0 Å². The van der Waals surface area contributed by atoms with E-state index < -0.39 is 0 Å². The van der Waals surface area contributed by atoms with Crippen LogP contribution in [0.25, 0.3) is 0 Å². The number of anilines is 1. The summed E-state index contributed by atoms with van der Waals surface area (Å²) < 4.78 is 1.43. The summed E-state index contributed by atoms with van der Waals surface area (Å²) >= 11 is 6.20. The van der Waals surface area contributed by atoms with Crippen LogP contribution in [0.2, 0.25) is 5.02 Å². The fourth-order valence-corrected chi connectivity index (χ4v) is 2.53. The molecule has 1 aromatic rings. The van der Waals surface area contributed by atoms with Crippen molar-refractivity contribution in [2.75, 3.05) is 18.0 Å². The summed E-state index contributed by atoms with van der Waals surface area (Å²) in [6.07, 6.45) is 4.01. The molecule has 1 aliphatic heterocycles. The third-order valence-electron chi connectivity index (χ3n) is 3.54. The van der Waals surface area contributed by atoms with Crippen molar-refractivity contribution in [3.05, 3.63) is 21.6 Å². The third-order valence-corrected chi connectivity index (χ3v) is 3.89. The van der Waals surface area contributed by atoms with Crippen LogP contribution in [-0.4, -0.2) is 22.9 Å². The van der Waals surface area contributed by atoms with Crippen molar-refractivity contribution in [3.63, 3.8) is 0 Å². The minimum Gasteiger partial charge on any atom is -0.369 e. The van der Waals surface area contributed by atoms with E-state index in [1.807, 2.05) is 13.8 Å². The maximum atomic E-state index is 12.1. The standard InChI is InChI=1S/C13H20ClN3O/c1-9(2)17-13(18)12(14)11(8-15-17)16-6-4-10(3)5-7-16/h8-10H,4-7H2,1-3H3. The Hall–Kier alpha value is -1.03. The van der Waals surface area contributed by atoms with Gasteiger partial charge in [-0.25, -0.2) is 4.68 Å². The van der Waals surface area contributed by atoms with Crippen molar-refractivity contribution in [1.29, 1.82) is 0 Å². The van der Waals surface area contributed by atoms with Crippen LogP contribution in [0.4, 0.5) is 5.69 Å². The summed E-state index contributed by atoms with van der Waals surface area (Å²) in [5.41, 5.74) is 0.591. The normalized spacial score (nSPS) is 17.5. The van der Waals surface area contributed by atoms with E-state index in [0.717, 1.165) is 37.5 Å². The summed E-state index contributed by atoms with van der Waals surface area (Å²) in [4.78, 5) is 14.2. The van der Waals surface area contributed by atoms with Crippen LogP contribution in [0.5, 0.6) is 0 Å². The highest BCUT2D eigenvalue weighted by molar-refractivity contribution is 6.33. The number of hydrogen-bond acceptors (Lipinski definition) is 3. The number of nitrogens with zero attached hydrogens (tertiary/aromatic N) is 3. The van der Waals surface area contributed by atoms with Crippen LogP contribution in [0.15, 0.2) is 11.0 Å². The summed E-state index contributed by atoms with van der Waals surface area (Å²) in [6.45, 7) is 8.01. The molecule has 0 atom stereocenters. The predicted octanol–water partition coefficient (Wildman–Crippen LogP) is 2.71. The number of hydrogen-bond donors (Lipinski definition) is 0. The van der Waals surface area contributed by atoms with Crippen LogP contribution in [0.1, 0.15) is 39.7 Å². The zero-order chi connectivity index (χ0) is 13.3. The van der Waals surface area contributed by atoms with Gasteiger partial charge in [-0.05, 0) is 32.6 Å². The molecule has 0 aromatic carbocycles. The van der Waals surface area contributed by atoms with E-state index >= 15 is 0 Å². The Bertz CT molecular complexity index is 476. The molecule has 100 valence electrons. The minimum absolute atomic E-state index is 0.0328. The van der Waals surface area contributed by atoms with Gasteiger partial charge in [0.05, 0.1) is 17.9 Å². The lowest BCUT2D eigenvalue weighted by molar-refractivity contribution is 0.436. The van der Waals surface area contributed by atoms with Crippen molar-refractivity contribution in [2.24, 2.45) is 5.92 Å². The predicted molar refractivity (Wildman–Crippen MR) is 74.5 cm³/mol. The highest BCUT2D eigenvalue weighted by atomic mass is 35.5. The van der Waals surface area contributed by atoms with E-state index in [1.54, 1.807) is 6.20 Å². The highest BCUT2D eigenvalue weighted by Gasteiger charge is 2.20. The first-order chi connectivity index (χ1) is 8.50. The van der Waals surface area contributed by atoms with Crippen LogP contribution in [0.3, 0.4) is 0 Å². The molecule has 1 saturated heterocycles. The monoisotopic (exact) mass is 269 g/mol. The molecular formula is C13H20ClN3O. The van der Waals surface area contributed by atoms with Crippen LogP contribution < -0.4 is 10.5 Å². The quantitative estimate of drug-likeness (QED) is 0.829. The molecule has 2 rings (SSSR count). The Labute approximate surface area is 113 Å². The lowest BCUT2D eigenvalue weighted by atomic mass is 9.99. The molecule has 4 nitrogen and oxygen atoms in total. The average molecular weight is 270 g/mol. The van der Waals surface area contributed by atoms with Gasteiger partial charge in [0.2, 0.25) is 0 Å². The third kappa shape index (κ3) is 2.53. The smallest absolute Gasteiger partial charge is 0.287 e. The number of halogens is 1. The number of rotatable bonds is 2. The Morgan fingerprint density at radius 1 is 1.39 bits per heavy atom. The largest absolute Gasteiger partial charge is 0.369 e. The average Bonchev–Trinajstić information content (AvgIpc) is 2.33. The summed E-state index contributed by atoms with van der Waals surface area (Å²) in [7, 11) is 0. The zero-order valence-corrected chi connectivity index (χ0v) is 11.9. The van der Waals surface area contributed by atoms with E-state index in [0.29, 0.717) is 5.02 Å².